The van der Waals surface area contributed by atoms with Crippen molar-refractivity contribution in [1.29, 1.82) is 5.26 Å². The number of nitrogens with one attached hydrogen (secondary N) is 1. The van der Waals surface area contributed by atoms with Crippen LogP contribution >= 0.6 is 11.3 Å². The summed E-state index contributed by atoms with van der Waals surface area (Å²) in [7, 11) is 0. The molecule has 1 unspecified atom stereocenters. The van der Waals surface area contributed by atoms with E-state index in [0.717, 1.165) is 49.3 Å². The van der Waals surface area contributed by atoms with E-state index < -0.39 is 0 Å². The van der Waals surface area contributed by atoms with E-state index in [1.807, 2.05) is 36.1 Å². The lowest BCUT2D eigenvalue weighted by Gasteiger charge is -2.30. The van der Waals surface area contributed by atoms with Crippen LogP contribution in [-0.2, 0) is 17.6 Å². The van der Waals surface area contributed by atoms with Gasteiger partial charge in [-0.2, -0.15) is 5.26 Å². The lowest BCUT2D eigenvalue weighted by Crippen LogP contribution is -2.43. The first-order chi connectivity index (χ1) is 14.7. The van der Waals surface area contributed by atoms with E-state index in [2.05, 4.69) is 11.4 Å². The van der Waals surface area contributed by atoms with E-state index in [0.29, 0.717) is 23.7 Å². The Labute approximate surface area is 181 Å². The van der Waals surface area contributed by atoms with Crippen LogP contribution in [0.5, 0.6) is 11.5 Å². The number of carbonyl (C=O) groups excluding carboxylic acids is 1. The minimum atomic E-state index is -0.125. The fourth-order valence-electron chi connectivity index (χ4n) is 4.06. The Hall–Kier alpha value is -2.56. The zero-order valence-electron chi connectivity index (χ0n) is 17.3. The molecule has 158 valence electrons. The minimum Gasteiger partial charge on any atom is -0.486 e. The Morgan fingerprint density at radius 3 is 2.87 bits per heavy atom. The molecule has 0 saturated carbocycles. The van der Waals surface area contributed by atoms with Crippen LogP contribution in [-0.4, -0.2) is 43.2 Å². The van der Waals surface area contributed by atoms with Crippen molar-refractivity contribution in [3.8, 4) is 17.6 Å². The van der Waals surface area contributed by atoms with Crippen molar-refractivity contribution in [2.75, 3.05) is 31.6 Å². The largest absolute Gasteiger partial charge is 0.486 e. The van der Waals surface area contributed by atoms with Gasteiger partial charge in [-0.25, -0.2) is 0 Å². The van der Waals surface area contributed by atoms with Gasteiger partial charge in [-0.15, -0.1) is 11.3 Å². The molecule has 0 spiro atoms. The van der Waals surface area contributed by atoms with Gasteiger partial charge in [0.1, 0.15) is 23.8 Å². The Kier molecular flexibility index (Phi) is 6.56. The highest BCUT2D eigenvalue weighted by atomic mass is 32.1. The third-order valence-corrected chi connectivity index (χ3v) is 6.84. The number of para-hydroxylation sites is 2. The predicted molar refractivity (Wildman–Crippen MR) is 117 cm³/mol. The SMILES string of the molecule is CCN(CC(=O)Nc1sc2c(c1C#N)CCCCC2)CC1COc2ccccc2O1. The van der Waals surface area contributed by atoms with Gasteiger partial charge in [0.05, 0.1) is 12.1 Å². The van der Waals surface area contributed by atoms with Crippen molar-refractivity contribution >= 4 is 22.2 Å². The number of nitriles is 1. The van der Waals surface area contributed by atoms with Gasteiger partial charge in [0.15, 0.2) is 11.5 Å². The normalized spacial score (nSPS) is 17.7. The highest BCUT2D eigenvalue weighted by Crippen LogP contribution is 2.37. The fraction of sp³-hybridized carbons (Fsp3) is 0.478. The van der Waals surface area contributed by atoms with Crippen molar-refractivity contribution in [1.82, 2.24) is 4.90 Å². The third kappa shape index (κ3) is 4.61. The average Bonchev–Trinajstić information content (AvgIpc) is 2.91. The number of hydrogen-bond donors (Lipinski definition) is 1. The van der Waals surface area contributed by atoms with Crippen LogP contribution in [0, 0.1) is 11.3 Å². The highest BCUT2D eigenvalue weighted by Gasteiger charge is 2.25. The minimum absolute atomic E-state index is 0.0955. The van der Waals surface area contributed by atoms with Crippen molar-refractivity contribution < 1.29 is 14.3 Å². The first-order valence-corrected chi connectivity index (χ1v) is 11.4. The molecule has 0 fully saturated rings. The molecule has 0 saturated heterocycles. The summed E-state index contributed by atoms with van der Waals surface area (Å²) < 4.78 is 11.8. The molecule has 1 aliphatic heterocycles. The average molecular weight is 426 g/mol. The molecule has 1 amide bonds. The fourth-order valence-corrected chi connectivity index (χ4v) is 5.32. The Morgan fingerprint density at radius 1 is 1.27 bits per heavy atom. The number of ether oxygens (including phenoxy) is 2. The van der Waals surface area contributed by atoms with E-state index in [1.165, 1.54) is 11.3 Å². The van der Waals surface area contributed by atoms with Crippen molar-refractivity contribution in [3.05, 3.63) is 40.3 Å². The Bertz CT molecular complexity index is 950. The van der Waals surface area contributed by atoms with Crippen LogP contribution in [0.2, 0.25) is 0 Å². The number of carbonyl (C=O) groups is 1. The second-order valence-electron chi connectivity index (χ2n) is 7.75. The van der Waals surface area contributed by atoms with E-state index in [1.54, 1.807) is 11.3 Å². The standard InChI is InChI=1S/C23H27N3O3S/c1-2-26(13-16-15-28-19-9-6-7-10-20(19)29-16)14-22(27)25-23-18(12-24)17-8-4-3-5-11-21(17)30-23/h6-7,9-10,16H,2-5,8,11,13-15H2,1H3,(H,25,27). The molecular formula is C23H27N3O3S. The van der Waals surface area contributed by atoms with Gasteiger partial charge in [0.2, 0.25) is 5.91 Å². The van der Waals surface area contributed by atoms with E-state index in [-0.39, 0.29) is 18.6 Å². The molecule has 0 bridgehead atoms. The Balaban J connectivity index is 1.37. The third-order valence-electron chi connectivity index (χ3n) is 5.63. The van der Waals surface area contributed by atoms with Gasteiger partial charge in [-0.05, 0) is 49.9 Å². The number of anilines is 1. The van der Waals surface area contributed by atoms with E-state index in [4.69, 9.17) is 9.47 Å². The number of thiophene rings is 1. The van der Waals surface area contributed by atoms with Gasteiger partial charge < -0.3 is 14.8 Å². The zero-order valence-corrected chi connectivity index (χ0v) is 18.1. The molecule has 1 atom stereocenters. The highest BCUT2D eigenvalue weighted by molar-refractivity contribution is 7.16. The lowest BCUT2D eigenvalue weighted by atomic mass is 10.1. The molecule has 1 aromatic carbocycles. The number of benzene rings is 1. The van der Waals surface area contributed by atoms with Gasteiger partial charge >= 0.3 is 0 Å². The lowest BCUT2D eigenvalue weighted by molar-refractivity contribution is -0.117. The van der Waals surface area contributed by atoms with Crippen LogP contribution in [0.15, 0.2) is 24.3 Å². The van der Waals surface area contributed by atoms with Crippen molar-refractivity contribution in [3.63, 3.8) is 0 Å². The van der Waals surface area contributed by atoms with Crippen LogP contribution < -0.4 is 14.8 Å². The maximum atomic E-state index is 12.7. The second kappa shape index (κ2) is 9.50. The molecule has 6 nitrogen and oxygen atoms in total. The summed E-state index contributed by atoms with van der Waals surface area (Å²) in [6.07, 6.45) is 5.29. The van der Waals surface area contributed by atoms with Gasteiger partial charge in [-0.1, -0.05) is 25.5 Å². The number of aryl methyl sites for hydroxylation is 1. The maximum Gasteiger partial charge on any atom is 0.239 e. The molecule has 1 aromatic heterocycles. The molecule has 1 aliphatic carbocycles. The van der Waals surface area contributed by atoms with Crippen LogP contribution in [0.3, 0.4) is 0 Å². The quantitative estimate of drug-likeness (QED) is 0.709. The molecule has 2 aliphatic rings. The number of hydrogen-bond acceptors (Lipinski definition) is 6. The van der Waals surface area contributed by atoms with Gasteiger partial charge in [-0.3, -0.25) is 9.69 Å². The number of rotatable bonds is 6. The summed E-state index contributed by atoms with van der Waals surface area (Å²) >= 11 is 1.57. The molecule has 4 rings (SSSR count). The summed E-state index contributed by atoms with van der Waals surface area (Å²) in [6, 6.07) is 9.96. The summed E-state index contributed by atoms with van der Waals surface area (Å²) in [5, 5.41) is 13.4. The number of nitrogens with zero attached hydrogens (tertiary/aromatic N) is 2. The summed E-state index contributed by atoms with van der Waals surface area (Å²) in [5.74, 6) is 1.41. The van der Waals surface area contributed by atoms with Crippen LogP contribution in [0.4, 0.5) is 5.00 Å². The first-order valence-electron chi connectivity index (χ1n) is 10.6. The van der Waals surface area contributed by atoms with Crippen LogP contribution in [0.1, 0.15) is 42.2 Å². The molecular weight excluding hydrogens is 398 g/mol. The number of amides is 1. The molecule has 2 aromatic rings. The molecule has 0 radical (unpaired) electrons. The summed E-state index contributed by atoms with van der Waals surface area (Å²) in [4.78, 5) is 16.0. The summed E-state index contributed by atoms with van der Waals surface area (Å²) in [5.41, 5.74) is 1.81. The van der Waals surface area contributed by atoms with Gasteiger partial charge in [0, 0.05) is 11.4 Å². The topological polar surface area (TPSA) is 74.6 Å². The number of likely N-dealkylation sites (N-methyl/N-ethyl adjacent to an activating group) is 1. The van der Waals surface area contributed by atoms with Crippen LogP contribution in [0.25, 0.3) is 0 Å². The monoisotopic (exact) mass is 425 g/mol. The maximum absolute atomic E-state index is 12.7. The van der Waals surface area contributed by atoms with Crippen molar-refractivity contribution in [2.24, 2.45) is 0 Å². The van der Waals surface area contributed by atoms with Crippen molar-refractivity contribution in [2.45, 2.75) is 45.1 Å². The van der Waals surface area contributed by atoms with E-state index >= 15 is 0 Å². The zero-order chi connectivity index (χ0) is 20.9. The molecule has 7 heteroatoms. The summed E-state index contributed by atoms with van der Waals surface area (Å²) in [6.45, 7) is 4.07. The molecule has 30 heavy (non-hydrogen) atoms. The molecule has 2 heterocycles. The smallest absolute Gasteiger partial charge is 0.239 e. The molecule has 1 N–H and O–H groups in total. The van der Waals surface area contributed by atoms with E-state index in [9.17, 15) is 10.1 Å². The Morgan fingerprint density at radius 2 is 2.07 bits per heavy atom. The second-order valence-corrected chi connectivity index (χ2v) is 8.86. The van der Waals surface area contributed by atoms with Gasteiger partial charge in [0.25, 0.3) is 0 Å². The first kappa shape index (κ1) is 20.7. The predicted octanol–water partition coefficient (Wildman–Crippen LogP) is 3.99. The number of fused-ring (bicyclic) bond motifs is 2.